The lowest BCUT2D eigenvalue weighted by Gasteiger charge is -2.62. The molecule has 0 spiro atoms. The highest BCUT2D eigenvalue weighted by molar-refractivity contribution is 5.87. The molecule has 0 nitrogen and oxygen atoms in total. The largest absolute Gasteiger partial charge is 0.0995 e. The molecule has 0 fully saturated rings. The summed E-state index contributed by atoms with van der Waals surface area (Å²) in [5, 5.41) is 0. The van der Waals surface area contributed by atoms with Crippen LogP contribution in [0.5, 0.6) is 0 Å². The maximum absolute atomic E-state index is 4.95. The fraction of sp³-hybridized carbons (Fsp3) is 0.455. The lowest BCUT2D eigenvalue weighted by atomic mass is 9.41. The SMILES string of the molecule is C=C(CCc1cc(C(C)C)c2c(c1C)C(=C)C1=C(C)[C@@]3(C)C(=C)C(C(=C)C)=C(C)C[C@@]3(C)C[C@@]1(C)C2)Cc1ccc(C)cc1. The minimum atomic E-state index is -0.129. The van der Waals surface area contributed by atoms with Gasteiger partial charge in [-0.25, -0.2) is 0 Å². The van der Waals surface area contributed by atoms with Crippen molar-refractivity contribution in [3.05, 3.63) is 135 Å². The summed E-state index contributed by atoms with van der Waals surface area (Å²) in [5.74, 6) is 0.462. The van der Waals surface area contributed by atoms with E-state index in [9.17, 15) is 0 Å². The molecule has 0 unspecified atom stereocenters. The number of allylic oxidation sites excluding steroid dienone is 8. The van der Waals surface area contributed by atoms with E-state index in [0.29, 0.717) is 5.92 Å². The predicted octanol–water partition coefficient (Wildman–Crippen LogP) is 12.3. The van der Waals surface area contributed by atoms with Crippen LogP contribution in [0.4, 0.5) is 0 Å². The summed E-state index contributed by atoms with van der Waals surface area (Å²) in [7, 11) is 0. The van der Waals surface area contributed by atoms with E-state index in [1.54, 1.807) is 5.56 Å². The minimum absolute atomic E-state index is 0.0453. The Hall–Kier alpha value is -3.12. The Kier molecular flexibility index (Phi) is 8.10. The average molecular weight is 585 g/mol. The first-order valence-electron chi connectivity index (χ1n) is 16.8. The number of hydrogen-bond acceptors (Lipinski definition) is 0. The standard InChI is InChI=1S/C44H56/c1-26(2)37-22-36(20-17-29(6)21-35-18-15-28(5)16-19-35)31(8)40-32(9)41-34(11)44(14)33(10)39(27(3)4)30(7)23-43(44,13)25-42(41,12)24-38(37)40/h15-16,18-19,22,26H,3,6,9-10,17,20-21,23-25H2,1-2,4-5,7-8,11-14H3/t42-,43+,44-/m1/s1. The third kappa shape index (κ3) is 4.88. The van der Waals surface area contributed by atoms with Gasteiger partial charge in [0.15, 0.2) is 0 Å². The molecule has 0 saturated heterocycles. The van der Waals surface area contributed by atoms with Crippen LogP contribution in [0, 0.1) is 30.1 Å². The van der Waals surface area contributed by atoms with Crippen molar-refractivity contribution in [1.29, 1.82) is 0 Å². The van der Waals surface area contributed by atoms with Crippen LogP contribution in [-0.4, -0.2) is 0 Å². The Morgan fingerprint density at radius 2 is 1.57 bits per heavy atom. The van der Waals surface area contributed by atoms with Crippen molar-refractivity contribution in [1.82, 2.24) is 0 Å². The monoisotopic (exact) mass is 584 g/mol. The Morgan fingerprint density at radius 3 is 2.16 bits per heavy atom. The second kappa shape index (κ2) is 11.0. The molecule has 0 N–H and O–H groups in total. The van der Waals surface area contributed by atoms with Crippen LogP contribution in [0.3, 0.4) is 0 Å². The van der Waals surface area contributed by atoms with Crippen LogP contribution in [0.25, 0.3) is 5.57 Å². The van der Waals surface area contributed by atoms with E-state index in [4.69, 9.17) is 13.2 Å². The van der Waals surface area contributed by atoms with E-state index in [2.05, 4.69) is 113 Å². The maximum Gasteiger partial charge on any atom is 0.0194 e. The minimum Gasteiger partial charge on any atom is -0.0995 e. The molecule has 0 bridgehead atoms. The van der Waals surface area contributed by atoms with Crippen molar-refractivity contribution >= 4 is 5.57 Å². The van der Waals surface area contributed by atoms with Crippen molar-refractivity contribution in [2.75, 3.05) is 0 Å². The molecule has 0 heteroatoms. The van der Waals surface area contributed by atoms with Crippen LogP contribution in [0.2, 0.25) is 0 Å². The van der Waals surface area contributed by atoms with Crippen molar-refractivity contribution in [2.24, 2.45) is 16.2 Å². The number of hydrogen-bond donors (Lipinski definition) is 0. The molecule has 3 aliphatic rings. The Morgan fingerprint density at radius 1 is 0.932 bits per heavy atom. The lowest BCUT2D eigenvalue weighted by Crippen LogP contribution is -2.52. The average Bonchev–Trinajstić information content (AvgIpc) is 2.91. The zero-order valence-corrected chi connectivity index (χ0v) is 29.5. The van der Waals surface area contributed by atoms with Crippen molar-refractivity contribution in [3.63, 3.8) is 0 Å². The van der Waals surface area contributed by atoms with E-state index in [1.165, 1.54) is 72.4 Å². The quantitative estimate of drug-likeness (QED) is 0.284. The van der Waals surface area contributed by atoms with Gasteiger partial charge in [0.2, 0.25) is 0 Å². The lowest BCUT2D eigenvalue weighted by molar-refractivity contribution is 0.0543. The highest BCUT2D eigenvalue weighted by Crippen LogP contribution is 2.70. The second-order valence-corrected chi connectivity index (χ2v) is 15.8. The van der Waals surface area contributed by atoms with E-state index < -0.39 is 0 Å². The van der Waals surface area contributed by atoms with Gasteiger partial charge in [-0.15, -0.1) is 0 Å². The fourth-order valence-electron chi connectivity index (χ4n) is 9.85. The summed E-state index contributed by atoms with van der Waals surface area (Å²) in [4.78, 5) is 0. The topological polar surface area (TPSA) is 0 Å². The van der Waals surface area contributed by atoms with Gasteiger partial charge < -0.3 is 0 Å². The van der Waals surface area contributed by atoms with Gasteiger partial charge in [-0.3, -0.25) is 0 Å². The predicted molar refractivity (Wildman–Crippen MR) is 193 cm³/mol. The zero-order valence-electron chi connectivity index (χ0n) is 29.5. The molecule has 3 aliphatic carbocycles. The van der Waals surface area contributed by atoms with E-state index >= 15 is 0 Å². The summed E-state index contributed by atoms with van der Waals surface area (Å²) < 4.78 is 0. The van der Waals surface area contributed by atoms with Crippen molar-refractivity contribution < 1.29 is 0 Å². The van der Waals surface area contributed by atoms with Gasteiger partial charge in [-0.05, 0) is 146 Å². The highest BCUT2D eigenvalue weighted by Gasteiger charge is 2.59. The zero-order chi connectivity index (χ0) is 32.5. The molecular formula is C44H56. The maximum atomic E-state index is 4.95. The first-order chi connectivity index (χ1) is 20.4. The van der Waals surface area contributed by atoms with Crippen LogP contribution in [-0.2, 0) is 19.3 Å². The van der Waals surface area contributed by atoms with Gasteiger partial charge >= 0.3 is 0 Å². The molecule has 0 aromatic heterocycles. The first kappa shape index (κ1) is 32.3. The third-order valence-electron chi connectivity index (χ3n) is 12.1. The van der Waals surface area contributed by atoms with Crippen LogP contribution >= 0.6 is 0 Å². The molecular weight excluding hydrogens is 528 g/mol. The molecule has 0 amide bonds. The molecule has 232 valence electrons. The van der Waals surface area contributed by atoms with Gasteiger partial charge in [0.25, 0.3) is 0 Å². The number of aryl methyl sites for hydroxylation is 2. The molecule has 3 atom stereocenters. The molecule has 0 aliphatic heterocycles. The third-order valence-corrected chi connectivity index (χ3v) is 12.1. The molecule has 44 heavy (non-hydrogen) atoms. The smallest absolute Gasteiger partial charge is 0.0194 e. The number of fused-ring (bicyclic) bond motifs is 3. The molecule has 0 radical (unpaired) electrons. The Balaban J connectivity index is 1.58. The summed E-state index contributed by atoms with van der Waals surface area (Å²) in [6.07, 6.45) is 6.27. The summed E-state index contributed by atoms with van der Waals surface area (Å²) in [6.45, 7) is 42.2. The van der Waals surface area contributed by atoms with Gasteiger partial charge in [-0.1, -0.05) is 119 Å². The summed E-state index contributed by atoms with van der Waals surface area (Å²) in [5.41, 5.74) is 20.7. The fourth-order valence-corrected chi connectivity index (χ4v) is 9.85. The molecule has 2 aromatic carbocycles. The Bertz CT molecular complexity index is 1660. The highest BCUT2D eigenvalue weighted by atomic mass is 14.6. The van der Waals surface area contributed by atoms with Crippen LogP contribution in [0.1, 0.15) is 120 Å². The Labute approximate surface area is 269 Å². The normalized spacial score (nSPS) is 26.5. The first-order valence-corrected chi connectivity index (χ1v) is 16.8. The number of rotatable bonds is 7. The van der Waals surface area contributed by atoms with Gasteiger partial charge in [-0.2, -0.15) is 0 Å². The van der Waals surface area contributed by atoms with Crippen LogP contribution < -0.4 is 0 Å². The van der Waals surface area contributed by atoms with Crippen molar-refractivity contribution in [2.45, 2.75) is 114 Å². The van der Waals surface area contributed by atoms with Gasteiger partial charge in [0.1, 0.15) is 0 Å². The van der Waals surface area contributed by atoms with Crippen LogP contribution in [0.15, 0.2) is 95.7 Å². The summed E-state index contributed by atoms with van der Waals surface area (Å²) >= 11 is 0. The molecule has 2 aromatic rings. The van der Waals surface area contributed by atoms with E-state index in [-0.39, 0.29) is 16.2 Å². The number of benzene rings is 2. The molecule has 0 heterocycles. The second-order valence-electron chi connectivity index (χ2n) is 15.8. The van der Waals surface area contributed by atoms with Gasteiger partial charge in [0.05, 0.1) is 0 Å². The summed E-state index contributed by atoms with van der Waals surface area (Å²) in [6, 6.07) is 11.4. The van der Waals surface area contributed by atoms with E-state index in [1.807, 2.05) is 0 Å². The van der Waals surface area contributed by atoms with Gasteiger partial charge in [0, 0.05) is 5.41 Å². The molecule has 5 rings (SSSR count). The van der Waals surface area contributed by atoms with Crippen molar-refractivity contribution in [3.8, 4) is 0 Å². The van der Waals surface area contributed by atoms with E-state index in [0.717, 1.165) is 44.1 Å². The molecule has 0 saturated carbocycles.